The number of β-lactam (4-membered cyclic amide) rings is 1. The molecule has 2 aliphatic heterocycles. The fourth-order valence-electron chi connectivity index (χ4n) is 5.16. The maximum atomic E-state index is 13.2. The van der Waals surface area contributed by atoms with Gasteiger partial charge in [0, 0.05) is 13.7 Å². The topological polar surface area (TPSA) is 42.0 Å². The largest absolute Gasteiger partial charge is 0.377 e. The Morgan fingerprint density at radius 2 is 1.86 bits per heavy atom. The number of carbonyl (C=O) groups excluding carboxylic acids is 1. The first kappa shape index (κ1) is 22.3. The highest BCUT2D eigenvalue weighted by Crippen LogP contribution is 2.40. The number of amides is 1. The molecule has 1 amide bonds. The molecule has 3 rings (SSSR count). The lowest BCUT2D eigenvalue weighted by molar-refractivity contribution is -0.230. The molecule has 2 heterocycles. The van der Waals surface area contributed by atoms with E-state index in [2.05, 4.69) is 32.7 Å². The summed E-state index contributed by atoms with van der Waals surface area (Å²) >= 11 is 0. The molecule has 2 saturated heterocycles. The molecule has 5 nitrogen and oxygen atoms in total. The number of rotatable bonds is 10. The molecular formula is C24H38N2O3. The molecule has 0 unspecified atom stereocenters. The van der Waals surface area contributed by atoms with Crippen LogP contribution in [0.5, 0.6) is 0 Å². The Morgan fingerprint density at radius 3 is 2.45 bits per heavy atom. The molecule has 2 aliphatic rings. The quantitative estimate of drug-likeness (QED) is 0.544. The lowest BCUT2D eigenvalue weighted by Crippen LogP contribution is -2.73. The van der Waals surface area contributed by atoms with Crippen LogP contribution in [-0.4, -0.2) is 53.4 Å². The van der Waals surface area contributed by atoms with Gasteiger partial charge in [0.2, 0.25) is 0 Å². The SMILES string of the molecule is CCC(CC)(OC)[C@@H]1CCCN1N1C(=O)[C@@H](OCc2ccccc2)[C@H]1CC(C)C. The van der Waals surface area contributed by atoms with Gasteiger partial charge >= 0.3 is 0 Å². The fourth-order valence-corrected chi connectivity index (χ4v) is 5.16. The van der Waals surface area contributed by atoms with Crippen molar-refractivity contribution in [2.75, 3.05) is 13.7 Å². The van der Waals surface area contributed by atoms with Gasteiger partial charge in [-0.2, -0.15) is 0 Å². The molecule has 29 heavy (non-hydrogen) atoms. The monoisotopic (exact) mass is 402 g/mol. The second-order valence-corrected chi connectivity index (χ2v) is 8.89. The Labute approximate surface area is 176 Å². The van der Waals surface area contributed by atoms with Crippen LogP contribution in [0.15, 0.2) is 30.3 Å². The minimum atomic E-state index is -0.348. The highest BCUT2D eigenvalue weighted by molar-refractivity contribution is 5.88. The van der Waals surface area contributed by atoms with Gasteiger partial charge in [-0.05, 0) is 43.6 Å². The molecule has 1 aromatic carbocycles. The van der Waals surface area contributed by atoms with E-state index in [0.29, 0.717) is 12.5 Å². The number of nitrogens with zero attached hydrogens (tertiary/aromatic N) is 2. The standard InChI is InChI=1S/C24H38N2O3/c1-6-24(7-2,28-5)21-14-11-15-25(21)26-20(16-18(3)4)22(23(26)27)29-17-19-12-9-8-10-13-19/h8-10,12-13,18,20-22H,6-7,11,14-17H2,1-5H3/t20-,21+,22+/m1/s1. The highest BCUT2D eigenvalue weighted by atomic mass is 16.5. The molecule has 3 atom stereocenters. The van der Waals surface area contributed by atoms with E-state index < -0.39 is 0 Å². The molecule has 0 N–H and O–H groups in total. The van der Waals surface area contributed by atoms with Crippen molar-refractivity contribution < 1.29 is 14.3 Å². The Balaban J connectivity index is 1.76. The number of carbonyl (C=O) groups is 1. The van der Waals surface area contributed by atoms with E-state index in [1.54, 1.807) is 0 Å². The summed E-state index contributed by atoms with van der Waals surface area (Å²) in [7, 11) is 1.82. The van der Waals surface area contributed by atoms with Gasteiger partial charge in [0.1, 0.15) is 0 Å². The van der Waals surface area contributed by atoms with Crippen LogP contribution >= 0.6 is 0 Å². The van der Waals surface area contributed by atoms with Crippen LogP contribution in [0.4, 0.5) is 0 Å². The van der Waals surface area contributed by atoms with Gasteiger partial charge < -0.3 is 9.47 Å². The second-order valence-electron chi connectivity index (χ2n) is 8.89. The van der Waals surface area contributed by atoms with Crippen LogP contribution in [0.2, 0.25) is 0 Å². The van der Waals surface area contributed by atoms with Gasteiger partial charge in [-0.25, -0.2) is 5.01 Å². The number of benzene rings is 1. The van der Waals surface area contributed by atoms with E-state index in [0.717, 1.165) is 44.2 Å². The molecule has 0 radical (unpaired) electrons. The van der Waals surface area contributed by atoms with Crippen molar-refractivity contribution in [2.45, 2.75) is 90.2 Å². The second kappa shape index (κ2) is 9.59. The van der Waals surface area contributed by atoms with E-state index in [9.17, 15) is 4.79 Å². The van der Waals surface area contributed by atoms with Crippen LogP contribution in [0.1, 0.15) is 65.4 Å². The first-order valence-corrected chi connectivity index (χ1v) is 11.3. The molecule has 5 heteroatoms. The first-order valence-electron chi connectivity index (χ1n) is 11.3. The fraction of sp³-hybridized carbons (Fsp3) is 0.708. The molecule has 2 fully saturated rings. The third-order valence-corrected chi connectivity index (χ3v) is 6.83. The maximum absolute atomic E-state index is 13.2. The summed E-state index contributed by atoms with van der Waals surface area (Å²) in [6, 6.07) is 10.5. The van der Waals surface area contributed by atoms with Gasteiger partial charge in [-0.1, -0.05) is 58.0 Å². The zero-order valence-electron chi connectivity index (χ0n) is 18.8. The average molecular weight is 403 g/mol. The van der Waals surface area contributed by atoms with E-state index in [-0.39, 0.29) is 29.7 Å². The van der Waals surface area contributed by atoms with Gasteiger partial charge in [-0.3, -0.25) is 9.80 Å². The van der Waals surface area contributed by atoms with Gasteiger partial charge in [-0.15, -0.1) is 0 Å². The summed E-state index contributed by atoms with van der Waals surface area (Å²) in [6.07, 6.45) is 4.68. The smallest absolute Gasteiger partial charge is 0.268 e. The molecule has 0 saturated carbocycles. The Kier molecular flexibility index (Phi) is 7.36. The number of hydrazine groups is 1. The highest BCUT2D eigenvalue weighted by Gasteiger charge is 2.55. The predicted molar refractivity (Wildman–Crippen MR) is 115 cm³/mol. The van der Waals surface area contributed by atoms with Crippen LogP contribution in [0.3, 0.4) is 0 Å². The van der Waals surface area contributed by atoms with Crippen molar-refractivity contribution >= 4 is 5.91 Å². The van der Waals surface area contributed by atoms with Crippen LogP contribution in [0, 0.1) is 5.92 Å². The summed E-state index contributed by atoms with van der Waals surface area (Å²) in [5.74, 6) is 0.611. The van der Waals surface area contributed by atoms with Crippen LogP contribution < -0.4 is 0 Å². The Bertz CT molecular complexity index is 651. The zero-order chi connectivity index (χ0) is 21.0. The van der Waals surface area contributed by atoms with E-state index in [4.69, 9.17) is 9.47 Å². The summed E-state index contributed by atoms with van der Waals surface area (Å²) < 4.78 is 12.2. The van der Waals surface area contributed by atoms with Crippen molar-refractivity contribution in [1.29, 1.82) is 0 Å². The van der Waals surface area contributed by atoms with Crippen molar-refractivity contribution in [1.82, 2.24) is 10.0 Å². The van der Waals surface area contributed by atoms with Gasteiger partial charge in [0.25, 0.3) is 5.91 Å². The van der Waals surface area contributed by atoms with Crippen molar-refractivity contribution in [2.24, 2.45) is 5.92 Å². The molecule has 0 spiro atoms. The number of ether oxygens (including phenoxy) is 2. The lowest BCUT2D eigenvalue weighted by Gasteiger charge is -2.55. The third kappa shape index (κ3) is 4.37. The third-order valence-electron chi connectivity index (χ3n) is 6.83. The molecule has 1 aromatic rings. The minimum absolute atomic E-state index is 0.107. The zero-order valence-corrected chi connectivity index (χ0v) is 18.8. The molecule has 162 valence electrons. The average Bonchev–Trinajstić information content (AvgIpc) is 3.20. The predicted octanol–water partition coefficient (Wildman–Crippen LogP) is 4.41. The molecule has 0 aromatic heterocycles. The number of hydrogen-bond donors (Lipinski definition) is 0. The van der Waals surface area contributed by atoms with Crippen molar-refractivity contribution in [3.8, 4) is 0 Å². The minimum Gasteiger partial charge on any atom is -0.377 e. The maximum Gasteiger partial charge on any atom is 0.268 e. The summed E-state index contributed by atoms with van der Waals surface area (Å²) in [5, 5.41) is 4.33. The van der Waals surface area contributed by atoms with Crippen molar-refractivity contribution in [3.63, 3.8) is 0 Å². The molecule has 0 bridgehead atoms. The number of methoxy groups -OCH3 is 1. The van der Waals surface area contributed by atoms with Crippen LogP contribution in [0.25, 0.3) is 0 Å². The van der Waals surface area contributed by atoms with E-state index in [1.807, 2.05) is 42.5 Å². The van der Waals surface area contributed by atoms with E-state index in [1.165, 1.54) is 0 Å². The first-order chi connectivity index (χ1) is 14.0. The van der Waals surface area contributed by atoms with Crippen LogP contribution in [-0.2, 0) is 20.9 Å². The normalized spacial score (nSPS) is 25.7. The van der Waals surface area contributed by atoms with Crippen molar-refractivity contribution in [3.05, 3.63) is 35.9 Å². The van der Waals surface area contributed by atoms with Gasteiger partial charge in [0.15, 0.2) is 6.10 Å². The Hall–Kier alpha value is -1.43. The van der Waals surface area contributed by atoms with Gasteiger partial charge in [0.05, 0.1) is 24.3 Å². The summed E-state index contributed by atoms with van der Waals surface area (Å²) in [4.78, 5) is 13.2. The number of hydrogen-bond acceptors (Lipinski definition) is 4. The lowest BCUT2D eigenvalue weighted by atomic mass is 9.86. The molecule has 0 aliphatic carbocycles. The summed E-state index contributed by atoms with van der Waals surface area (Å²) in [6.45, 7) is 10.2. The Morgan fingerprint density at radius 1 is 1.17 bits per heavy atom. The molecular weight excluding hydrogens is 364 g/mol. The van der Waals surface area contributed by atoms with E-state index >= 15 is 0 Å². The summed E-state index contributed by atoms with van der Waals surface area (Å²) in [5.41, 5.74) is 0.909.